The summed E-state index contributed by atoms with van der Waals surface area (Å²) in [6.45, 7) is 0.976. The molecular formula is C14H10ClF3N4O3. The number of esters is 1. The van der Waals surface area contributed by atoms with E-state index in [4.69, 9.17) is 16.3 Å². The number of rotatable bonds is 4. The Morgan fingerprint density at radius 3 is 2.48 bits per heavy atom. The minimum Gasteiger partial charge on any atom is -0.451 e. The number of carbonyl (C=O) groups is 2. The summed E-state index contributed by atoms with van der Waals surface area (Å²) in [6, 6.07) is 0.623. The molecule has 0 radical (unpaired) electrons. The lowest BCUT2D eigenvalue weighted by Crippen LogP contribution is -2.22. The standard InChI is InChI=1S/C14H10ClF3N4O3/c1-7-3-20-10(5-19-7)13(24)25-6-11(23)22-12-9(15)2-8(4-21-12)14(16,17)18/h2-5H,6H2,1H3,(H,21,22,23). The summed E-state index contributed by atoms with van der Waals surface area (Å²) in [4.78, 5) is 34.4. The number of amides is 1. The number of alkyl halides is 3. The summed E-state index contributed by atoms with van der Waals surface area (Å²) in [7, 11) is 0. The summed E-state index contributed by atoms with van der Waals surface area (Å²) in [6.07, 6.45) is -1.55. The van der Waals surface area contributed by atoms with Crippen molar-refractivity contribution >= 4 is 29.3 Å². The van der Waals surface area contributed by atoms with E-state index in [1.807, 2.05) is 0 Å². The molecule has 0 bridgehead atoms. The third kappa shape index (κ3) is 5.11. The summed E-state index contributed by atoms with van der Waals surface area (Å²) in [5.74, 6) is -2.00. The van der Waals surface area contributed by atoms with Gasteiger partial charge in [-0.05, 0) is 13.0 Å². The van der Waals surface area contributed by atoms with Gasteiger partial charge in [-0.3, -0.25) is 9.78 Å². The van der Waals surface area contributed by atoms with Crippen molar-refractivity contribution in [1.29, 1.82) is 0 Å². The summed E-state index contributed by atoms with van der Waals surface area (Å²) >= 11 is 5.65. The fraction of sp³-hybridized carbons (Fsp3) is 0.214. The van der Waals surface area contributed by atoms with E-state index in [1.54, 1.807) is 6.92 Å². The zero-order valence-corrected chi connectivity index (χ0v) is 13.4. The van der Waals surface area contributed by atoms with Crippen LogP contribution in [0.4, 0.5) is 19.0 Å². The molecule has 2 aromatic heterocycles. The van der Waals surface area contributed by atoms with Gasteiger partial charge in [0.05, 0.1) is 22.5 Å². The minimum absolute atomic E-state index is 0.0934. The Bertz CT molecular complexity index is 797. The van der Waals surface area contributed by atoms with Gasteiger partial charge in [-0.2, -0.15) is 13.2 Å². The SMILES string of the molecule is Cc1cnc(C(=O)OCC(=O)Nc2ncc(C(F)(F)F)cc2Cl)cn1. The molecule has 0 aliphatic heterocycles. The molecular weight excluding hydrogens is 365 g/mol. The van der Waals surface area contributed by atoms with E-state index in [9.17, 15) is 22.8 Å². The predicted octanol–water partition coefficient (Wildman–Crippen LogP) is 2.65. The maximum atomic E-state index is 12.5. The largest absolute Gasteiger partial charge is 0.451 e. The van der Waals surface area contributed by atoms with Crippen LogP contribution in [0.15, 0.2) is 24.7 Å². The molecule has 0 atom stereocenters. The summed E-state index contributed by atoms with van der Waals surface area (Å²) in [5, 5.41) is 1.74. The van der Waals surface area contributed by atoms with Gasteiger partial charge in [-0.1, -0.05) is 11.6 Å². The zero-order valence-electron chi connectivity index (χ0n) is 12.6. The number of nitrogens with one attached hydrogen (secondary N) is 1. The van der Waals surface area contributed by atoms with Gasteiger partial charge in [-0.25, -0.2) is 14.8 Å². The fourth-order valence-electron chi connectivity index (χ4n) is 1.56. The Labute approximate surface area is 144 Å². The Kier molecular flexibility index (Phi) is 5.52. The highest BCUT2D eigenvalue weighted by molar-refractivity contribution is 6.33. The van der Waals surface area contributed by atoms with Gasteiger partial charge in [0.25, 0.3) is 5.91 Å². The molecule has 2 heterocycles. The first-order chi connectivity index (χ1) is 11.7. The fourth-order valence-corrected chi connectivity index (χ4v) is 1.77. The first-order valence-corrected chi connectivity index (χ1v) is 7.03. The lowest BCUT2D eigenvalue weighted by molar-refractivity contribution is -0.137. The summed E-state index contributed by atoms with van der Waals surface area (Å²) in [5.41, 5.74) is -0.554. The maximum absolute atomic E-state index is 12.5. The van der Waals surface area contributed by atoms with Crippen LogP contribution >= 0.6 is 11.6 Å². The number of halogens is 4. The van der Waals surface area contributed by atoms with Gasteiger partial charge in [0.15, 0.2) is 18.1 Å². The van der Waals surface area contributed by atoms with E-state index >= 15 is 0 Å². The number of hydrogen-bond acceptors (Lipinski definition) is 6. The molecule has 1 N–H and O–H groups in total. The number of anilines is 1. The Hall–Kier alpha value is -2.75. The molecule has 0 spiro atoms. The zero-order chi connectivity index (χ0) is 18.6. The van der Waals surface area contributed by atoms with Crippen molar-refractivity contribution in [2.24, 2.45) is 0 Å². The monoisotopic (exact) mass is 374 g/mol. The van der Waals surface area contributed by atoms with Crippen LogP contribution in [0.5, 0.6) is 0 Å². The average molecular weight is 375 g/mol. The minimum atomic E-state index is -4.61. The molecule has 0 unspecified atom stereocenters. The highest BCUT2D eigenvalue weighted by atomic mass is 35.5. The second-order valence-electron chi connectivity index (χ2n) is 4.72. The van der Waals surface area contributed by atoms with Crippen LogP contribution in [-0.2, 0) is 15.7 Å². The van der Waals surface area contributed by atoms with E-state index in [2.05, 4.69) is 20.3 Å². The van der Waals surface area contributed by atoms with Crippen molar-refractivity contribution in [3.05, 3.63) is 46.6 Å². The molecule has 0 fully saturated rings. The van der Waals surface area contributed by atoms with E-state index in [0.29, 0.717) is 18.0 Å². The van der Waals surface area contributed by atoms with Crippen LogP contribution in [0, 0.1) is 6.92 Å². The second-order valence-corrected chi connectivity index (χ2v) is 5.13. The number of aromatic nitrogens is 3. The van der Waals surface area contributed by atoms with E-state index in [0.717, 1.165) is 0 Å². The van der Waals surface area contributed by atoms with Crippen molar-refractivity contribution in [3.8, 4) is 0 Å². The highest BCUT2D eigenvalue weighted by Gasteiger charge is 2.31. The van der Waals surface area contributed by atoms with Crippen LogP contribution in [0.1, 0.15) is 21.7 Å². The average Bonchev–Trinajstić information content (AvgIpc) is 2.54. The first-order valence-electron chi connectivity index (χ1n) is 6.65. The molecule has 0 aromatic carbocycles. The molecule has 2 rings (SSSR count). The number of aryl methyl sites for hydroxylation is 1. The van der Waals surface area contributed by atoms with Crippen LogP contribution in [0.25, 0.3) is 0 Å². The smallest absolute Gasteiger partial charge is 0.417 e. The van der Waals surface area contributed by atoms with Gasteiger partial charge in [-0.15, -0.1) is 0 Å². The first kappa shape index (κ1) is 18.6. The van der Waals surface area contributed by atoms with Gasteiger partial charge < -0.3 is 10.1 Å². The van der Waals surface area contributed by atoms with Gasteiger partial charge >= 0.3 is 12.1 Å². The maximum Gasteiger partial charge on any atom is 0.417 e. The Balaban J connectivity index is 1.94. The topological polar surface area (TPSA) is 94.1 Å². The molecule has 2 aromatic rings. The third-order valence-electron chi connectivity index (χ3n) is 2.75. The van der Waals surface area contributed by atoms with Gasteiger partial charge in [0.1, 0.15) is 0 Å². The van der Waals surface area contributed by atoms with Crippen LogP contribution < -0.4 is 5.32 Å². The van der Waals surface area contributed by atoms with Crippen molar-refractivity contribution in [3.63, 3.8) is 0 Å². The van der Waals surface area contributed by atoms with Gasteiger partial charge in [0, 0.05) is 12.4 Å². The predicted molar refractivity (Wildman–Crippen MR) is 79.9 cm³/mol. The third-order valence-corrected chi connectivity index (χ3v) is 3.04. The Morgan fingerprint density at radius 1 is 1.20 bits per heavy atom. The molecule has 0 saturated carbocycles. The van der Waals surface area contributed by atoms with E-state index in [1.165, 1.54) is 12.4 Å². The number of pyridine rings is 1. The normalized spacial score (nSPS) is 11.1. The lowest BCUT2D eigenvalue weighted by Gasteiger charge is -2.10. The van der Waals surface area contributed by atoms with Crippen molar-refractivity contribution in [2.75, 3.05) is 11.9 Å². The number of carbonyl (C=O) groups excluding carboxylic acids is 2. The van der Waals surface area contributed by atoms with E-state index in [-0.39, 0.29) is 11.5 Å². The second kappa shape index (κ2) is 7.43. The van der Waals surface area contributed by atoms with Crippen LogP contribution in [-0.4, -0.2) is 33.4 Å². The van der Waals surface area contributed by atoms with Crippen molar-refractivity contribution in [1.82, 2.24) is 15.0 Å². The molecule has 25 heavy (non-hydrogen) atoms. The summed E-state index contributed by atoms with van der Waals surface area (Å²) < 4.78 is 42.2. The van der Waals surface area contributed by atoms with Crippen LogP contribution in [0.3, 0.4) is 0 Å². The molecule has 132 valence electrons. The molecule has 0 aliphatic rings. The van der Waals surface area contributed by atoms with Crippen LogP contribution in [0.2, 0.25) is 5.02 Å². The number of hydrogen-bond donors (Lipinski definition) is 1. The van der Waals surface area contributed by atoms with E-state index < -0.39 is 35.2 Å². The molecule has 1 amide bonds. The molecule has 0 saturated heterocycles. The Morgan fingerprint density at radius 2 is 1.92 bits per heavy atom. The number of ether oxygens (including phenoxy) is 1. The van der Waals surface area contributed by atoms with Crippen molar-refractivity contribution in [2.45, 2.75) is 13.1 Å². The number of nitrogens with zero attached hydrogens (tertiary/aromatic N) is 3. The lowest BCUT2D eigenvalue weighted by atomic mass is 10.3. The van der Waals surface area contributed by atoms with Gasteiger partial charge in [0.2, 0.25) is 0 Å². The quantitative estimate of drug-likeness (QED) is 0.827. The van der Waals surface area contributed by atoms with Crippen molar-refractivity contribution < 1.29 is 27.5 Å². The molecule has 11 heteroatoms. The molecule has 7 nitrogen and oxygen atoms in total. The molecule has 0 aliphatic carbocycles. The highest BCUT2D eigenvalue weighted by Crippen LogP contribution is 2.32.